The average molecular weight is 263 g/mol. The molecule has 1 aliphatic rings. The zero-order valence-corrected chi connectivity index (χ0v) is 9.20. The Labute approximate surface area is 89.2 Å². The number of methoxy groups -OCH3 is 1. The normalized spacial score (nSPS) is 18.3. The third-order valence-corrected chi connectivity index (χ3v) is 3.35. The van der Waals surface area contributed by atoms with Crippen LogP contribution < -0.4 is 0 Å². The number of rotatable bonds is 2. The number of benzene rings is 1. The van der Waals surface area contributed by atoms with Gasteiger partial charge in [-0.3, -0.25) is 0 Å². The van der Waals surface area contributed by atoms with E-state index in [1.165, 1.54) is 12.1 Å². The number of halogens is 3. The van der Waals surface area contributed by atoms with Gasteiger partial charge in [0, 0.05) is 12.7 Å². The molecule has 0 atom stereocenters. The molecule has 1 nitrogen and oxygen atoms in total. The monoisotopic (exact) mass is 262 g/mol. The van der Waals surface area contributed by atoms with Crippen molar-refractivity contribution in [3.8, 4) is 0 Å². The van der Waals surface area contributed by atoms with Gasteiger partial charge in [-0.25, -0.2) is 8.78 Å². The van der Waals surface area contributed by atoms with Gasteiger partial charge in [-0.15, -0.1) is 0 Å². The van der Waals surface area contributed by atoms with Crippen molar-refractivity contribution >= 4 is 15.9 Å². The lowest BCUT2D eigenvalue weighted by Gasteiger charge is -2.15. The first-order valence-electron chi connectivity index (χ1n) is 4.30. The van der Waals surface area contributed by atoms with Gasteiger partial charge in [0.05, 0.1) is 10.1 Å². The van der Waals surface area contributed by atoms with Crippen LogP contribution in [0, 0.1) is 11.6 Å². The summed E-state index contributed by atoms with van der Waals surface area (Å²) in [4.78, 5) is 0. The van der Waals surface area contributed by atoms with Crippen molar-refractivity contribution in [3.05, 3.63) is 33.8 Å². The number of hydrogen-bond donors (Lipinski definition) is 0. The molecule has 1 aromatic carbocycles. The molecule has 0 radical (unpaired) electrons. The van der Waals surface area contributed by atoms with E-state index >= 15 is 0 Å². The van der Waals surface area contributed by atoms with E-state index < -0.39 is 17.2 Å². The summed E-state index contributed by atoms with van der Waals surface area (Å²) in [6, 6.07) is 2.70. The van der Waals surface area contributed by atoms with Crippen LogP contribution in [0.15, 0.2) is 16.6 Å². The van der Waals surface area contributed by atoms with Gasteiger partial charge in [-0.05, 0) is 34.8 Å². The highest BCUT2D eigenvalue weighted by molar-refractivity contribution is 9.10. The predicted octanol–water partition coefficient (Wildman–Crippen LogP) is 3.36. The number of ether oxygens (including phenoxy) is 1. The average Bonchev–Trinajstić information content (AvgIpc) is 2.95. The fourth-order valence-electron chi connectivity index (χ4n) is 1.57. The summed E-state index contributed by atoms with van der Waals surface area (Å²) in [6.45, 7) is 0. The molecule has 1 fully saturated rings. The zero-order chi connectivity index (χ0) is 10.3. The molecule has 0 aliphatic heterocycles. The minimum absolute atomic E-state index is 0.113. The fraction of sp³-hybridized carbons (Fsp3) is 0.400. The van der Waals surface area contributed by atoms with Crippen LogP contribution in [0.4, 0.5) is 8.78 Å². The Morgan fingerprint density at radius 3 is 2.50 bits per heavy atom. The van der Waals surface area contributed by atoms with Crippen molar-refractivity contribution in [2.45, 2.75) is 18.4 Å². The second kappa shape index (κ2) is 3.28. The maximum absolute atomic E-state index is 13.6. The molecule has 2 rings (SSSR count). The van der Waals surface area contributed by atoms with Crippen LogP contribution in [0.3, 0.4) is 0 Å². The molecule has 0 amide bonds. The molecular weight excluding hydrogens is 254 g/mol. The maximum Gasteiger partial charge on any atom is 0.146 e. The summed E-state index contributed by atoms with van der Waals surface area (Å²) in [5, 5.41) is 0. The summed E-state index contributed by atoms with van der Waals surface area (Å²) < 4.78 is 31.7. The Morgan fingerprint density at radius 1 is 1.36 bits per heavy atom. The van der Waals surface area contributed by atoms with Crippen LogP contribution in [-0.2, 0) is 10.3 Å². The molecule has 0 N–H and O–H groups in total. The van der Waals surface area contributed by atoms with Crippen molar-refractivity contribution in [3.63, 3.8) is 0 Å². The standard InChI is InChI=1S/C10H9BrF2O/c1-14-10(4-5-10)6-2-3-7(12)8(11)9(6)13/h2-3H,4-5H2,1H3. The van der Waals surface area contributed by atoms with Crippen molar-refractivity contribution in [1.29, 1.82) is 0 Å². The molecule has 1 saturated carbocycles. The molecule has 0 saturated heterocycles. The summed E-state index contributed by atoms with van der Waals surface area (Å²) in [6.07, 6.45) is 1.58. The van der Waals surface area contributed by atoms with Gasteiger partial charge >= 0.3 is 0 Å². The predicted molar refractivity (Wildman–Crippen MR) is 52.0 cm³/mol. The first-order chi connectivity index (χ1) is 6.60. The minimum atomic E-state index is -0.585. The molecule has 14 heavy (non-hydrogen) atoms. The van der Waals surface area contributed by atoms with Gasteiger partial charge in [0.25, 0.3) is 0 Å². The second-order valence-electron chi connectivity index (χ2n) is 3.42. The molecule has 0 aromatic heterocycles. The van der Waals surface area contributed by atoms with Gasteiger partial charge in [0.2, 0.25) is 0 Å². The summed E-state index contributed by atoms with van der Waals surface area (Å²) in [7, 11) is 1.55. The van der Waals surface area contributed by atoms with Crippen LogP contribution >= 0.6 is 15.9 Å². The Balaban J connectivity index is 2.50. The van der Waals surface area contributed by atoms with E-state index in [4.69, 9.17) is 4.74 Å². The Kier molecular flexibility index (Phi) is 2.35. The van der Waals surface area contributed by atoms with E-state index in [1.807, 2.05) is 0 Å². The number of hydrogen-bond acceptors (Lipinski definition) is 1. The molecule has 0 unspecified atom stereocenters. The third kappa shape index (κ3) is 1.37. The van der Waals surface area contributed by atoms with Crippen LogP contribution in [0.5, 0.6) is 0 Å². The Morgan fingerprint density at radius 2 is 2.00 bits per heavy atom. The molecule has 76 valence electrons. The third-order valence-electron chi connectivity index (χ3n) is 2.62. The van der Waals surface area contributed by atoms with E-state index in [0.717, 1.165) is 12.8 Å². The van der Waals surface area contributed by atoms with Gasteiger partial charge < -0.3 is 4.74 Å². The minimum Gasteiger partial charge on any atom is -0.373 e. The van der Waals surface area contributed by atoms with Gasteiger partial charge in [0.1, 0.15) is 11.6 Å². The van der Waals surface area contributed by atoms with E-state index in [9.17, 15) is 8.78 Å². The van der Waals surface area contributed by atoms with Gasteiger partial charge in [-0.2, -0.15) is 0 Å². The first-order valence-corrected chi connectivity index (χ1v) is 5.09. The summed E-state index contributed by atoms with van der Waals surface area (Å²) in [5.41, 5.74) is -0.0754. The van der Waals surface area contributed by atoms with E-state index in [2.05, 4.69) is 15.9 Å². The lowest BCUT2D eigenvalue weighted by molar-refractivity contribution is 0.0754. The smallest absolute Gasteiger partial charge is 0.146 e. The van der Waals surface area contributed by atoms with Crippen molar-refractivity contribution in [2.75, 3.05) is 7.11 Å². The Bertz CT molecular complexity index is 375. The highest BCUT2D eigenvalue weighted by Crippen LogP contribution is 2.50. The Hall–Kier alpha value is -0.480. The molecular formula is C10H9BrF2O. The molecule has 0 spiro atoms. The second-order valence-corrected chi connectivity index (χ2v) is 4.21. The molecule has 1 aromatic rings. The van der Waals surface area contributed by atoms with E-state index in [0.29, 0.717) is 5.56 Å². The quantitative estimate of drug-likeness (QED) is 0.743. The lowest BCUT2D eigenvalue weighted by Crippen LogP contribution is -2.12. The molecule has 0 heterocycles. The van der Waals surface area contributed by atoms with E-state index in [1.54, 1.807) is 7.11 Å². The van der Waals surface area contributed by atoms with Crippen molar-refractivity contribution in [1.82, 2.24) is 0 Å². The summed E-state index contributed by atoms with van der Waals surface area (Å²) >= 11 is 2.87. The van der Waals surface area contributed by atoms with Crippen molar-refractivity contribution < 1.29 is 13.5 Å². The lowest BCUT2D eigenvalue weighted by atomic mass is 10.1. The van der Waals surface area contributed by atoms with Crippen LogP contribution in [0.1, 0.15) is 18.4 Å². The molecule has 4 heteroatoms. The van der Waals surface area contributed by atoms with Crippen LogP contribution in [0.25, 0.3) is 0 Å². The van der Waals surface area contributed by atoms with Gasteiger partial charge in [-0.1, -0.05) is 6.07 Å². The topological polar surface area (TPSA) is 9.23 Å². The highest BCUT2D eigenvalue weighted by atomic mass is 79.9. The summed E-state index contributed by atoms with van der Waals surface area (Å²) in [5.74, 6) is -1.14. The first kappa shape index (κ1) is 10.1. The van der Waals surface area contributed by atoms with Crippen LogP contribution in [0.2, 0.25) is 0 Å². The molecule has 1 aliphatic carbocycles. The maximum atomic E-state index is 13.6. The largest absolute Gasteiger partial charge is 0.373 e. The van der Waals surface area contributed by atoms with Crippen LogP contribution in [-0.4, -0.2) is 7.11 Å². The molecule has 0 bridgehead atoms. The van der Waals surface area contributed by atoms with E-state index in [-0.39, 0.29) is 4.47 Å². The highest BCUT2D eigenvalue weighted by Gasteiger charge is 2.47. The SMILES string of the molecule is COC1(c2ccc(F)c(Br)c2F)CC1. The van der Waals surface area contributed by atoms with Gasteiger partial charge in [0.15, 0.2) is 0 Å². The van der Waals surface area contributed by atoms with Crippen molar-refractivity contribution in [2.24, 2.45) is 0 Å². The fourth-order valence-corrected chi connectivity index (χ4v) is 1.92. The zero-order valence-electron chi connectivity index (χ0n) is 7.61.